The average Bonchev–Trinajstić information content (AvgIpc) is 3.08. The van der Waals surface area contributed by atoms with Crippen molar-refractivity contribution in [2.24, 2.45) is 11.3 Å². The van der Waals surface area contributed by atoms with Gasteiger partial charge in [-0.25, -0.2) is 14.2 Å². The molecular weight excluding hydrogens is 377 g/mol. The van der Waals surface area contributed by atoms with Crippen LogP contribution in [0.2, 0.25) is 0 Å². The minimum atomic E-state index is -0.951. The predicted octanol–water partition coefficient (Wildman–Crippen LogP) is 4.84. The largest absolute Gasteiger partial charge is 0.465 e. The number of likely N-dealkylation sites (tertiary alicyclic amines) is 1. The maximum atomic E-state index is 14.0. The summed E-state index contributed by atoms with van der Waals surface area (Å²) in [5.41, 5.74) is 0.433. The van der Waals surface area contributed by atoms with E-state index in [-0.39, 0.29) is 17.3 Å². The van der Waals surface area contributed by atoms with Gasteiger partial charge >= 0.3 is 6.09 Å². The number of piperidine rings is 1. The highest BCUT2D eigenvalue weighted by atomic mass is 32.1. The average molecular weight is 406 g/mol. The highest BCUT2D eigenvalue weighted by Gasteiger charge is 2.35. The zero-order chi connectivity index (χ0) is 20.3. The molecule has 0 spiro atoms. The van der Waals surface area contributed by atoms with Gasteiger partial charge in [0.2, 0.25) is 0 Å². The molecule has 1 amide bonds. The topological polar surface area (TPSA) is 65.5 Å². The third-order valence-electron chi connectivity index (χ3n) is 5.35. The Bertz CT molecular complexity index is 810. The fraction of sp³-hybridized carbons (Fsp3) is 0.524. The first-order valence-corrected chi connectivity index (χ1v) is 10.5. The number of halogens is 1. The number of rotatable bonds is 5. The molecule has 1 aliphatic rings. The fourth-order valence-electron chi connectivity index (χ4n) is 3.98. The van der Waals surface area contributed by atoms with Crippen molar-refractivity contribution in [2.75, 3.05) is 13.1 Å². The molecule has 0 bridgehead atoms. The van der Waals surface area contributed by atoms with Crippen molar-refractivity contribution in [1.29, 1.82) is 0 Å². The third-order valence-corrected chi connectivity index (χ3v) is 6.37. The molecule has 152 valence electrons. The fourth-order valence-corrected chi connectivity index (χ4v) is 4.96. The lowest BCUT2D eigenvalue weighted by molar-refractivity contribution is 0.102. The molecule has 2 heterocycles. The van der Waals surface area contributed by atoms with Gasteiger partial charge in [0.05, 0.1) is 0 Å². The van der Waals surface area contributed by atoms with Crippen molar-refractivity contribution in [3.63, 3.8) is 0 Å². The van der Waals surface area contributed by atoms with Crippen LogP contribution in [-0.2, 0) is 6.54 Å². The van der Waals surface area contributed by atoms with Gasteiger partial charge < -0.3 is 10.4 Å². The highest BCUT2D eigenvalue weighted by molar-refractivity contribution is 7.15. The summed E-state index contributed by atoms with van der Waals surface area (Å²) >= 11 is 1.53. The third kappa shape index (κ3) is 5.08. The summed E-state index contributed by atoms with van der Waals surface area (Å²) in [5.74, 6) is 0.0890. The van der Waals surface area contributed by atoms with Gasteiger partial charge in [0.1, 0.15) is 10.8 Å². The Labute approximate surface area is 169 Å². The van der Waals surface area contributed by atoms with Crippen LogP contribution < -0.4 is 5.32 Å². The summed E-state index contributed by atoms with van der Waals surface area (Å²) in [5, 5.41) is 12.6. The van der Waals surface area contributed by atoms with E-state index in [2.05, 4.69) is 36.0 Å². The van der Waals surface area contributed by atoms with Gasteiger partial charge in [0.25, 0.3) is 0 Å². The van der Waals surface area contributed by atoms with Crippen LogP contribution in [-0.4, -0.2) is 40.2 Å². The molecular formula is C21H28FN3O2S. The maximum Gasteiger partial charge on any atom is 0.404 e. The summed E-state index contributed by atoms with van der Waals surface area (Å²) in [6.45, 7) is 8.90. The molecule has 5 nitrogen and oxygen atoms in total. The first-order valence-electron chi connectivity index (χ1n) is 9.65. The van der Waals surface area contributed by atoms with Gasteiger partial charge in [-0.2, -0.15) is 0 Å². The number of aromatic nitrogens is 1. The molecule has 1 aromatic heterocycles. The summed E-state index contributed by atoms with van der Waals surface area (Å²) in [6.07, 6.45) is 2.80. The Morgan fingerprint density at radius 1 is 1.36 bits per heavy atom. The van der Waals surface area contributed by atoms with Crippen LogP contribution in [0.5, 0.6) is 0 Å². The number of thiazole rings is 1. The van der Waals surface area contributed by atoms with Crippen molar-refractivity contribution < 1.29 is 14.3 Å². The van der Waals surface area contributed by atoms with Crippen LogP contribution in [0.25, 0.3) is 10.6 Å². The van der Waals surface area contributed by atoms with E-state index < -0.39 is 6.09 Å². The molecule has 1 unspecified atom stereocenters. The molecule has 0 aliphatic carbocycles. The molecule has 1 aliphatic heterocycles. The molecule has 1 atom stereocenters. The second-order valence-corrected chi connectivity index (χ2v) is 9.63. The van der Waals surface area contributed by atoms with Crippen LogP contribution in [0.4, 0.5) is 9.18 Å². The van der Waals surface area contributed by atoms with E-state index in [9.17, 15) is 14.3 Å². The van der Waals surface area contributed by atoms with Gasteiger partial charge in [-0.1, -0.05) is 32.9 Å². The molecule has 1 aromatic carbocycles. The van der Waals surface area contributed by atoms with Gasteiger partial charge in [0, 0.05) is 29.2 Å². The summed E-state index contributed by atoms with van der Waals surface area (Å²) in [7, 11) is 0. The van der Waals surface area contributed by atoms with E-state index in [0.717, 1.165) is 37.4 Å². The van der Waals surface area contributed by atoms with Crippen LogP contribution in [0.1, 0.15) is 38.5 Å². The maximum absolute atomic E-state index is 14.0. The smallest absolute Gasteiger partial charge is 0.404 e. The minimum Gasteiger partial charge on any atom is -0.465 e. The molecule has 28 heavy (non-hydrogen) atoms. The highest BCUT2D eigenvalue weighted by Crippen LogP contribution is 2.33. The first-order chi connectivity index (χ1) is 13.2. The second-order valence-electron chi connectivity index (χ2n) is 8.52. The number of amides is 1. The van der Waals surface area contributed by atoms with Crippen molar-refractivity contribution in [1.82, 2.24) is 15.2 Å². The van der Waals surface area contributed by atoms with Gasteiger partial charge in [-0.3, -0.25) is 4.90 Å². The minimum absolute atomic E-state index is 0.0526. The van der Waals surface area contributed by atoms with E-state index in [0.29, 0.717) is 16.5 Å². The Morgan fingerprint density at radius 2 is 2.04 bits per heavy atom. The Morgan fingerprint density at radius 3 is 2.64 bits per heavy atom. The zero-order valence-corrected chi connectivity index (χ0v) is 17.4. The Balaban J connectivity index is 1.59. The van der Waals surface area contributed by atoms with Crippen LogP contribution in [0.3, 0.4) is 0 Å². The quantitative estimate of drug-likeness (QED) is 0.747. The van der Waals surface area contributed by atoms with Gasteiger partial charge in [-0.15, -0.1) is 11.3 Å². The van der Waals surface area contributed by atoms with Crippen LogP contribution in [0, 0.1) is 17.2 Å². The molecule has 0 radical (unpaired) electrons. The van der Waals surface area contributed by atoms with Gasteiger partial charge in [0.15, 0.2) is 0 Å². The number of hydrogen-bond donors (Lipinski definition) is 2. The Kier molecular flexibility index (Phi) is 6.35. The van der Waals surface area contributed by atoms with E-state index in [4.69, 9.17) is 0 Å². The number of carbonyl (C=O) groups is 1. The molecule has 2 aromatic rings. The number of hydrogen-bond acceptors (Lipinski definition) is 4. The van der Waals surface area contributed by atoms with Crippen LogP contribution in [0.15, 0.2) is 30.5 Å². The Hall–Kier alpha value is -1.99. The molecule has 7 heteroatoms. The van der Waals surface area contributed by atoms with E-state index in [1.54, 1.807) is 12.1 Å². The summed E-state index contributed by atoms with van der Waals surface area (Å²) < 4.78 is 14.0. The number of benzene rings is 1. The lowest BCUT2D eigenvalue weighted by Crippen LogP contribution is -2.51. The van der Waals surface area contributed by atoms with Crippen molar-refractivity contribution in [2.45, 2.75) is 46.2 Å². The lowest BCUT2D eigenvalue weighted by atomic mass is 9.75. The first kappa shape index (κ1) is 20.7. The molecule has 2 N–H and O–H groups in total. The number of nitrogens with one attached hydrogen (secondary N) is 1. The van der Waals surface area contributed by atoms with Crippen LogP contribution >= 0.6 is 11.3 Å². The van der Waals surface area contributed by atoms with Gasteiger partial charge in [-0.05, 0) is 49.4 Å². The predicted molar refractivity (Wildman–Crippen MR) is 110 cm³/mol. The van der Waals surface area contributed by atoms with Crippen molar-refractivity contribution in [3.05, 3.63) is 41.2 Å². The second kappa shape index (κ2) is 8.57. The van der Waals surface area contributed by atoms with Crippen molar-refractivity contribution in [3.8, 4) is 10.6 Å². The molecule has 3 rings (SSSR count). The standard InChI is InChI=1S/C21H28FN3O2S/c1-21(2,3)18(24-20(26)27)14-8-10-25(11-9-14)13-15-12-23-19(28-15)16-6-4-5-7-17(16)22/h4-7,12,14,18,24H,8-11,13H2,1-3H3,(H,26,27). The number of nitrogens with zero attached hydrogens (tertiary/aromatic N) is 2. The monoisotopic (exact) mass is 405 g/mol. The molecule has 0 saturated carbocycles. The van der Waals surface area contributed by atoms with E-state index >= 15 is 0 Å². The molecule has 1 saturated heterocycles. The lowest BCUT2D eigenvalue weighted by Gasteiger charge is -2.41. The summed E-state index contributed by atoms with van der Waals surface area (Å²) in [6, 6.07) is 6.66. The molecule has 1 fully saturated rings. The van der Waals surface area contributed by atoms with E-state index in [1.807, 2.05) is 12.3 Å². The SMILES string of the molecule is CC(C)(C)C(NC(=O)O)C1CCN(Cc2cnc(-c3ccccc3F)s2)CC1. The van der Waals surface area contributed by atoms with Crippen molar-refractivity contribution >= 4 is 17.4 Å². The normalized spacial score (nSPS) is 17.4. The van der Waals surface area contributed by atoms with E-state index in [1.165, 1.54) is 17.4 Å². The summed E-state index contributed by atoms with van der Waals surface area (Å²) in [4.78, 5) is 19.1. The number of carboxylic acid groups (broad SMARTS) is 1. The zero-order valence-electron chi connectivity index (χ0n) is 16.6.